The summed E-state index contributed by atoms with van der Waals surface area (Å²) in [5.41, 5.74) is -0.0708. The monoisotopic (exact) mass is 414 g/mol. The van der Waals surface area contributed by atoms with Crippen LogP contribution in [-0.4, -0.2) is 30.5 Å². The van der Waals surface area contributed by atoms with E-state index >= 15 is 0 Å². The van der Waals surface area contributed by atoms with E-state index in [-0.39, 0.29) is 14.1 Å². The topological polar surface area (TPSA) is 111 Å². The summed E-state index contributed by atoms with van der Waals surface area (Å²) >= 11 is 0. The summed E-state index contributed by atoms with van der Waals surface area (Å²) in [5.74, 6) is -0.195. The molecule has 0 radical (unpaired) electrons. The summed E-state index contributed by atoms with van der Waals surface area (Å²) in [6.45, 7) is 1.48. The maximum Gasteiger partial charge on any atom is 0.382 e. The number of hydrogen-bond acceptors (Lipinski definition) is 6. The van der Waals surface area contributed by atoms with Crippen molar-refractivity contribution in [3.05, 3.63) is 76.8 Å². The highest BCUT2D eigenvalue weighted by Gasteiger charge is 2.23. The van der Waals surface area contributed by atoms with E-state index in [4.69, 9.17) is 9.05 Å². The molecule has 3 aromatic rings. The summed E-state index contributed by atoms with van der Waals surface area (Å²) < 4.78 is 11.7. The van der Waals surface area contributed by atoms with Crippen LogP contribution in [0.1, 0.15) is 6.92 Å². The third-order valence-corrected chi connectivity index (χ3v) is 5.17. The first-order valence-corrected chi connectivity index (χ1v) is 9.49. The quantitative estimate of drug-likeness (QED) is 0.252. The molecule has 0 saturated carbocycles. The molecule has 2 N–H and O–H groups in total. The van der Waals surface area contributed by atoms with Crippen molar-refractivity contribution in [2.45, 2.75) is 13.0 Å². The van der Waals surface area contributed by atoms with E-state index in [0.29, 0.717) is 11.5 Å². The number of carbonyl (C=O) groups is 1. The van der Waals surface area contributed by atoms with Gasteiger partial charge in [-0.25, -0.2) is 5.09 Å². The molecule has 0 spiro atoms. The highest BCUT2D eigenvalue weighted by Crippen LogP contribution is 2.40. The molecule has 0 saturated heterocycles. The Hall–Kier alpha value is -3.16. The van der Waals surface area contributed by atoms with Gasteiger partial charge in [-0.15, -0.1) is 0 Å². The second-order valence-corrected chi connectivity index (χ2v) is 6.99. The first-order valence-electron chi connectivity index (χ1n) is 8.31. The van der Waals surface area contributed by atoms with Gasteiger partial charge in [0, 0.05) is 17.5 Å². The number of carboxylic acid groups (broad SMARTS) is 1. The maximum atomic E-state index is 11.2. The van der Waals surface area contributed by atoms with Gasteiger partial charge in [0.15, 0.2) is 0 Å². The molecule has 150 valence electrons. The number of fused-ring (bicyclic) bond motifs is 1. The number of nitrogens with zero attached hydrogens (tertiary/aromatic N) is 1. The predicted molar refractivity (Wildman–Crippen MR) is 115 cm³/mol. The molecule has 0 aliphatic heterocycles. The van der Waals surface area contributed by atoms with Crippen molar-refractivity contribution < 1.29 is 23.9 Å². The van der Waals surface area contributed by atoms with Crippen LogP contribution in [0, 0.1) is 10.1 Å². The van der Waals surface area contributed by atoms with Gasteiger partial charge in [0.2, 0.25) is 0 Å². The minimum atomic E-state index is -1.88. The molecule has 2 atom stereocenters. The van der Waals surface area contributed by atoms with Gasteiger partial charge >= 0.3 is 14.5 Å². The standard InChI is InChI=1S/C19H17N2O6P.BH3/c1-13(19(22)23)20-28(26-16-11-9-15(10-12-16)21(24)25)27-18-8-4-6-14-5-2-3-7-17(14)18;/h2-13,20H,1H3,(H,22,23);1H3. The van der Waals surface area contributed by atoms with Crippen molar-refractivity contribution in [1.29, 1.82) is 0 Å². The number of non-ortho nitro benzene ring substituents is 1. The van der Waals surface area contributed by atoms with Crippen LogP contribution in [0.15, 0.2) is 66.7 Å². The molecular formula is C19H20BN2O6P. The van der Waals surface area contributed by atoms with E-state index in [9.17, 15) is 20.0 Å². The van der Waals surface area contributed by atoms with Gasteiger partial charge in [0.05, 0.1) is 13.3 Å². The second-order valence-electron chi connectivity index (χ2n) is 5.86. The number of aliphatic carboxylic acids is 1. The maximum absolute atomic E-state index is 11.2. The lowest BCUT2D eigenvalue weighted by atomic mass is 10.1. The number of nitrogens with one attached hydrogen (secondary N) is 1. The Morgan fingerprint density at radius 3 is 2.38 bits per heavy atom. The molecule has 0 aliphatic carbocycles. The van der Waals surface area contributed by atoms with E-state index in [2.05, 4.69) is 5.09 Å². The van der Waals surface area contributed by atoms with Gasteiger partial charge in [0.25, 0.3) is 5.69 Å². The molecular weight excluding hydrogens is 394 g/mol. The summed E-state index contributed by atoms with van der Waals surface area (Å²) in [5, 5.41) is 24.6. The number of hydrogen-bond donors (Lipinski definition) is 2. The molecule has 2 unspecified atom stereocenters. The van der Waals surface area contributed by atoms with Crippen molar-refractivity contribution in [1.82, 2.24) is 5.09 Å². The fourth-order valence-corrected chi connectivity index (χ4v) is 3.59. The van der Waals surface area contributed by atoms with Crippen LogP contribution in [0.4, 0.5) is 5.69 Å². The first kappa shape index (κ1) is 22.1. The van der Waals surface area contributed by atoms with Gasteiger partial charge in [-0.2, -0.15) is 0 Å². The molecule has 0 bridgehead atoms. The lowest BCUT2D eigenvalue weighted by Crippen LogP contribution is -2.32. The highest BCUT2D eigenvalue weighted by atomic mass is 31.2. The van der Waals surface area contributed by atoms with Crippen molar-refractivity contribution in [3.8, 4) is 11.5 Å². The van der Waals surface area contributed by atoms with E-state index in [1.165, 1.54) is 31.2 Å². The van der Waals surface area contributed by atoms with E-state index in [1.54, 1.807) is 6.07 Å². The number of carboxylic acids is 1. The molecule has 0 aliphatic rings. The average molecular weight is 414 g/mol. The lowest BCUT2D eigenvalue weighted by molar-refractivity contribution is -0.384. The number of nitro benzene ring substituents is 1. The van der Waals surface area contributed by atoms with Crippen LogP contribution < -0.4 is 14.1 Å². The molecule has 29 heavy (non-hydrogen) atoms. The van der Waals surface area contributed by atoms with Crippen molar-refractivity contribution in [2.75, 3.05) is 0 Å². The molecule has 3 aromatic carbocycles. The Morgan fingerprint density at radius 2 is 1.72 bits per heavy atom. The third kappa shape index (κ3) is 5.66. The van der Waals surface area contributed by atoms with Crippen LogP contribution in [-0.2, 0) is 4.79 Å². The Labute approximate surface area is 170 Å². The minimum Gasteiger partial charge on any atom is -0.480 e. The second kappa shape index (κ2) is 9.86. The van der Waals surface area contributed by atoms with Crippen LogP contribution in [0.5, 0.6) is 11.5 Å². The molecule has 8 nitrogen and oxygen atoms in total. The van der Waals surface area contributed by atoms with Crippen molar-refractivity contribution >= 4 is 39.4 Å². The Kier molecular flexibility index (Phi) is 7.53. The van der Waals surface area contributed by atoms with Crippen LogP contribution in [0.25, 0.3) is 10.8 Å². The van der Waals surface area contributed by atoms with E-state index in [1.807, 2.05) is 36.4 Å². The van der Waals surface area contributed by atoms with Gasteiger partial charge in [-0.05, 0) is 30.5 Å². The van der Waals surface area contributed by atoms with Crippen molar-refractivity contribution in [3.63, 3.8) is 0 Å². The largest absolute Gasteiger partial charge is 0.480 e. The fraction of sp³-hybridized carbons (Fsp3) is 0.105. The molecule has 0 amide bonds. The number of benzene rings is 3. The number of nitro groups is 1. The van der Waals surface area contributed by atoms with Gasteiger partial charge in [-0.3, -0.25) is 14.9 Å². The SMILES string of the molecule is B.CC(NP(Oc1ccc([N+](=O)[O-])cc1)Oc1cccc2ccccc12)C(=O)O. The lowest BCUT2D eigenvalue weighted by Gasteiger charge is -2.21. The minimum absolute atomic E-state index is 0. The molecule has 0 fully saturated rings. The van der Waals surface area contributed by atoms with Gasteiger partial charge in [-0.1, -0.05) is 36.4 Å². The van der Waals surface area contributed by atoms with Crippen LogP contribution in [0.3, 0.4) is 0 Å². The fourth-order valence-electron chi connectivity index (χ4n) is 2.37. The number of rotatable bonds is 8. The van der Waals surface area contributed by atoms with Crippen LogP contribution in [0.2, 0.25) is 0 Å². The first-order chi connectivity index (χ1) is 13.4. The zero-order valence-corrected chi connectivity index (χ0v) is 15.7. The van der Waals surface area contributed by atoms with E-state index in [0.717, 1.165) is 10.8 Å². The summed E-state index contributed by atoms with van der Waals surface area (Å²) in [6, 6.07) is 17.7. The Balaban J connectivity index is 0.00000300. The third-order valence-electron chi connectivity index (χ3n) is 3.84. The Morgan fingerprint density at radius 1 is 1.07 bits per heavy atom. The Bertz CT molecular complexity index is 996. The predicted octanol–water partition coefficient (Wildman–Crippen LogP) is 3.31. The highest BCUT2D eigenvalue weighted by molar-refractivity contribution is 7.45. The molecule has 0 aromatic heterocycles. The van der Waals surface area contributed by atoms with E-state index < -0.39 is 25.5 Å². The zero-order valence-electron chi connectivity index (χ0n) is 14.8. The smallest absolute Gasteiger partial charge is 0.382 e. The average Bonchev–Trinajstić information content (AvgIpc) is 2.68. The molecule has 0 heterocycles. The normalized spacial score (nSPS) is 12.4. The molecule has 3 rings (SSSR count). The van der Waals surface area contributed by atoms with Crippen molar-refractivity contribution in [2.24, 2.45) is 0 Å². The van der Waals surface area contributed by atoms with Crippen LogP contribution >= 0.6 is 8.53 Å². The summed E-state index contributed by atoms with van der Waals surface area (Å²) in [7, 11) is -1.88. The summed E-state index contributed by atoms with van der Waals surface area (Å²) in [6.07, 6.45) is 0. The zero-order chi connectivity index (χ0) is 20.1. The molecule has 10 heteroatoms. The van der Waals surface area contributed by atoms with Gasteiger partial charge in [0.1, 0.15) is 17.5 Å². The van der Waals surface area contributed by atoms with Gasteiger partial charge < -0.3 is 14.2 Å². The summed E-state index contributed by atoms with van der Waals surface area (Å²) in [4.78, 5) is 21.5.